The molecule has 0 bridgehead atoms. The smallest absolute Gasteiger partial charge is 0.335 e. The van der Waals surface area contributed by atoms with Crippen LogP contribution in [0, 0.1) is 0 Å². The van der Waals surface area contributed by atoms with Crippen molar-refractivity contribution in [2.45, 2.75) is 29.8 Å². The molecule has 2 N–H and O–H groups in total. The van der Waals surface area contributed by atoms with Crippen molar-refractivity contribution in [3.05, 3.63) is 30.0 Å². The molecule has 33 heavy (non-hydrogen) atoms. The molecule has 178 valence electrons. The number of rotatable bonds is 8. The van der Waals surface area contributed by atoms with Gasteiger partial charge in [-0.1, -0.05) is 19.4 Å². The van der Waals surface area contributed by atoms with Crippen LogP contribution in [0.15, 0.2) is 34.4 Å². The van der Waals surface area contributed by atoms with Gasteiger partial charge >= 0.3 is 6.03 Å². The summed E-state index contributed by atoms with van der Waals surface area (Å²) in [5, 5.41) is 0.789. The number of nitrogens with one attached hydrogen (secondary N) is 2. The summed E-state index contributed by atoms with van der Waals surface area (Å²) in [6, 6.07) is 3.35. The largest absolute Gasteiger partial charge is 0.481 e. The summed E-state index contributed by atoms with van der Waals surface area (Å²) in [5.41, 5.74) is 0.858. The highest BCUT2D eigenvalue weighted by Gasteiger charge is 2.32. The van der Waals surface area contributed by atoms with E-state index < -0.39 is 35.9 Å². The van der Waals surface area contributed by atoms with Gasteiger partial charge in [-0.3, -0.25) is 9.72 Å². The van der Waals surface area contributed by atoms with Crippen molar-refractivity contribution >= 4 is 37.5 Å². The molecule has 0 aliphatic rings. The first-order valence-corrected chi connectivity index (χ1v) is 12.9. The maximum Gasteiger partial charge on any atom is 0.335 e. The number of urea groups is 1. The number of amides is 2. The fourth-order valence-electron chi connectivity index (χ4n) is 2.93. The van der Waals surface area contributed by atoms with E-state index in [4.69, 9.17) is 9.47 Å². The lowest BCUT2D eigenvalue weighted by atomic mass is 10.2. The Morgan fingerprint density at radius 3 is 2.24 bits per heavy atom. The molecule has 15 heteroatoms. The van der Waals surface area contributed by atoms with Gasteiger partial charge in [-0.05, 0) is 18.1 Å². The summed E-state index contributed by atoms with van der Waals surface area (Å²) in [5.74, 6) is -0.181. The predicted molar refractivity (Wildman–Crippen MR) is 117 cm³/mol. The summed E-state index contributed by atoms with van der Waals surface area (Å²) in [6.07, 6.45) is 3.72. The second-order valence-electron chi connectivity index (χ2n) is 6.85. The lowest BCUT2D eigenvalue weighted by Crippen LogP contribution is -2.36. The van der Waals surface area contributed by atoms with Crippen LogP contribution >= 0.6 is 0 Å². The number of hydrogen-bond acceptors (Lipinski definition) is 10. The standard InChI is InChI=1S/C18H22N6O7S2/c1-5-6-11-7-8-12-19-15(32(4,26)27)16(24(12)10-11)33(28,29)23-18(25)22-17-20-13(30-2)9-14(21-17)31-3/h7-10H,5-6H2,1-4H3,(H2,20,21,22,23,25). The van der Waals surface area contributed by atoms with Crippen molar-refractivity contribution in [1.82, 2.24) is 24.1 Å². The topological polar surface area (TPSA) is 171 Å². The highest BCUT2D eigenvalue weighted by Crippen LogP contribution is 2.24. The number of pyridine rings is 1. The molecule has 0 atom stereocenters. The maximum atomic E-state index is 13.1. The van der Waals surface area contributed by atoms with Crippen molar-refractivity contribution in [2.24, 2.45) is 0 Å². The van der Waals surface area contributed by atoms with Gasteiger partial charge in [-0.25, -0.2) is 22.9 Å². The van der Waals surface area contributed by atoms with Gasteiger partial charge in [-0.2, -0.15) is 18.4 Å². The zero-order chi connectivity index (χ0) is 24.4. The molecular weight excluding hydrogens is 476 g/mol. The van der Waals surface area contributed by atoms with E-state index in [-0.39, 0.29) is 23.4 Å². The fourth-order valence-corrected chi connectivity index (χ4v) is 5.47. The zero-order valence-corrected chi connectivity index (χ0v) is 19.8. The summed E-state index contributed by atoms with van der Waals surface area (Å²) >= 11 is 0. The molecule has 0 spiro atoms. The van der Waals surface area contributed by atoms with Gasteiger partial charge in [0.1, 0.15) is 5.65 Å². The number of carbonyl (C=O) groups excluding carboxylic acids is 1. The molecule has 0 aliphatic carbocycles. The van der Waals surface area contributed by atoms with Crippen LogP contribution in [0.2, 0.25) is 0 Å². The van der Waals surface area contributed by atoms with E-state index in [1.54, 1.807) is 10.8 Å². The minimum absolute atomic E-state index is 0.0598. The number of nitrogens with zero attached hydrogens (tertiary/aromatic N) is 4. The van der Waals surface area contributed by atoms with Crippen molar-refractivity contribution < 1.29 is 31.1 Å². The minimum atomic E-state index is -4.70. The summed E-state index contributed by atoms with van der Waals surface area (Å²) in [7, 11) is -6.09. The monoisotopic (exact) mass is 498 g/mol. The average Bonchev–Trinajstić information content (AvgIpc) is 3.13. The quantitative estimate of drug-likeness (QED) is 0.456. The SMILES string of the molecule is CCCc1ccc2nc(S(C)(=O)=O)c(S(=O)(=O)NC(=O)Nc3nc(OC)cc(OC)n3)n2c1. The van der Waals surface area contributed by atoms with E-state index in [1.165, 1.54) is 32.5 Å². The molecular formula is C18H22N6O7S2. The molecule has 0 saturated heterocycles. The third-order valence-corrected chi connectivity index (χ3v) is 6.77. The molecule has 13 nitrogen and oxygen atoms in total. The Bertz CT molecular complexity index is 1400. The van der Waals surface area contributed by atoms with Gasteiger partial charge in [0, 0.05) is 12.5 Å². The first-order chi connectivity index (χ1) is 15.5. The Morgan fingerprint density at radius 1 is 1.06 bits per heavy atom. The molecule has 3 rings (SSSR count). The van der Waals surface area contributed by atoms with Gasteiger partial charge in [0.25, 0.3) is 10.0 Å². The Hall–Kier alpha value is -3.46. The number of sulfone groups is 1. The molecule has 0 unspecified atom stereocenters. The second-order valence-corrected chi connectivity index (χ2v) is 10.4. The van der Waals surface area contributed by atoms with Crippen LogP contribution in [0.3, 0.4) is 0 Å². The van der Waals surface area contributed by atoms with Crippen molar-refractivity contribution in [2.75, 3.05) is 25.8 Å². The van der Waals surface area contributed by atoms with E-state index in [2.05, 4.69) is 20.3 Å². The third kappa shape index (κ3) is 5.31. The molecule has 3 heterocycles. The molecule has 0 saturated carbocycles. The summed E-state index contributed by atoms with van der Waals surface area (Å²) in [4.78, 5) is 24.2. The van der Waals surface area contributed by atoms with Crippen LogP contribution in [0.25, 0.3) is 5.65 Å². The summed E-state index contributed by atoms with van der Waals surface area (Å²) in [6.45, 7) is 1.94. The lowest BCUT2D eigenvalue weighted by molar-refractivity contribution is 0.256. The number of ether oxygens (including phenoxy) is 2. The molecule has 0 aliphatic heterocycles. The van der Waals surface area contributed by atoms with Crippen LogP contribution in [-0.2, 0) is 26.3 Å². The predicted octanol–water partition coefficient (Wildman–Crippen LogP) is 1.01. The molecule has 3 aromatic rings. The van der Waals surface area contributed by atoms with Gasteiger partial charge in [-0.15, -0.1) is 0 Å². The first-order valence-electron chi connectivity index (χ1n) is 9.50. The average molecular weight is 499 g/mol. The van der Waals surface area contributed by atoms with Gasteiger partial charge in [0.2, 0.25) is 17.7 Å². The molecule has 3 aromatic heterocycles. The number of fused-ring (bicyclic) bond motifs is 1. The number of carbonyl (C=O) groups is 1. The fraction of sp³-hybridized carbons (Fsp3) is 0.333. The lowest BCUT2D eigenvalue weighted by Gasteiger charge is -2.10. The second kappa shape index (κ2) is 9.19. The Balaban J connectivity index is 2.02. The van der Waals surface area contributed by atoms with E-state index in [1.807, 2.05) is 6.92 Å². The normalized spacial score (nSPS) is 11.9. The Labute approximate surface area is 190 Å². The molecule has 2 amide bonds. The van der Waals surface area contributed by atoms with Crippen LogP contribution < -0.4 is 19.5 Å². The van der Waals surface area contributed by atoms with Crippen molar-refractivity contribution in [3.63, 3.8) is 0 Å². The minimum Gasteiger partial charge on any atom is -0.481 e. The zero-order valence-electron chi connectivity index (χ0n) is 18.2. The molecule has 0 radical (unpaired) electrons. The number of aryl methyl sites for hydroxylation is 1. The maximum absolute atomic E-state index is 13.1. The van der Waals surface area contributed by atoms with Gasteiger partial charge < -0.3 is 9.47 Å². The Morgan fingerprint density at radius 2 is 1.70 bits per heavy atom. The first kappa shape index (κ1) is 24.2. The third-order valence-electron chi connectivity index (χ3n) is 4.30. The number of hydrogen-bond donors (Lipinski definition) is 2. The summed E-state index contributed by atoms with van der Waals surface area (Å²) < 4.78 is 63.6. The van der Waals surface area contributed by atoms with E-state index in [0.29, 0.717) is 6.42 Å². The van der Waals surface area contributed by atoms with E-state index in [9.17, 15) is 21.6 Å². The number of imidazole rings is 1. The number of methoxy groups -OCH3 is 2. The highest BCUT2D eigenvalue weighted by molar-refractivity contribution is 7.93. The van der Waals surface area contributed by atoms with Crippen molar-refractivity contribution in [3.8, 4) is 11.8 Å². The van der Waals surface area contributed by atoms with Crippen LogP contribution in [-0.4, -0.2) is 62.7 Å². The van der Waals surface area contributed by atoms with E-state index >= 15 is 0 Å². The van der Waals surface area contributed by atoms with Crippen LogP contribution in [0.4, 0.5) is 10.7 Å². The molecule has 0 fully saturated rings. The highest BCUT2D eigenvalue weighted by atomic mass is 32.2. The molecule has 0 aromatic carbocycles. The van der Waals surface area contributed by atoms with Crippen LogP contribution in [0.1, 0.15) is 18.9 Å². The number of sulfonamides is 1. The number of anilines is 1. The van der Waals surface area contributed by atoms with E-state index in [0.717, 1.165) is 22.6 Å². The van der Waals surface area contributed by atoms with Gasteiger partial charge in [0.15, 0.2) is 19.9 Å². The van der Waals surface area contributed by atoms with Gasteiger partial charge in [0.05, 0.1) is 20.3 Å². The van der Waals surface area contributed by atoms with Crippen LogP contribution in [0.5, 0.6) is 11.8 Å². The number of aromatic nitrogens is 4. The van der Waals surface area contributed by atoms with Crippen molar-refractivity contribution in [1.29, 1.82) is 0 Å². The Kier molecular flexibility index (Phi) is 6.73.